The van der Waals surface area contributed by atoms with Gasteiger partial charge in [-0.15, -0.1) is 0 Å². The molecule has 0 aromatic heterocycles. The summed E-state index contributed by atoms with van der Waals surface area (Å²) in [6, 6.07) is 4.88. The Balaban J connectivity index is 0. The third kappa shape index (κ3) is 13.5. The molecule has 6 N–H and O–H groups in total. The van der Waals surface area contributed by atoms with Crippen LogP contribution in [0.25, 0.3) is 0 Å². The second-order valence-electron chi connectivity index (χ2n) is 10.9. The van der Waals surface area contributed by atoms with Gasteiger partial charge < -0.3 is 31.3 Å². The minimum absolute atomic E-state index is 0.00290. The fraction of sp³-hybridized carbons (Fsp3) is 0.742. The van der Waals surface area contributed by atoms with Gasteiger partial charge in [-0.3, -0.25) is 9.59 Å². The van der Waals surface area contributed by atoms with Crippen LogP contribution in [0.4, 0.5) is 0 Å². The fourth-order valence-corrected chi connectivity index (χ4v) is 4.24. The van der Waals surface area contributed by atoms with Crippen LogP contribution in [0.15, 0.2) is 18.2 Å². The Labute approximate surface area is 238 Å². The predicted molar refractivity (Wildman–Crippen MR) is 162 cm³/mol. The fourth-order valence-electron chi connectivity index (χ4n) is 4.24. The highest BCUT2D eigenvalue weighted by Crippen LogP contribution is 2.30. The summed E-state index contributed by atoms with van der Waals surface area (Å²) >= 11 is 0. The highest BCUT2D eigenvalue weighted by molar-refractivity contribution is 5.83. The molecule has 0 saturated heterocycles. The van der Waals surface area contributed by atoms with E-state index < -0.39 is 23.5 Å². The van der Waals surface area contributed by atoms with Gasteiger partial charge in [-0.25, -0.2) is 0 Å². The Morgan fingerprint density at radius 2 is 1.59 bits per heavy atom. The SMILES string of the molecule is CC.CC.CNC(=O)C(C)(C)CNC(=O)[C@@H](C[C@H](O)[C@@H](N)C[C@H](Cc1ccc(OC)c(O)c1)C(C)C)C(C)C. The number of hydrogen-bond donors (Lipinski definition) is 5. The molecule has 8 heteroatoms. The number of methoxy groups -OCH3 is 1. The average Bonchev–Trinajstić information content (AvgIpc) is 2.91. The maximum atomic E-state index is 12.9. The molecule has 0 aliphatic carbocycles. The maximum absolute atomic E-state index is 12.9. The molecule has 0 unspecified atom stereocenters. The van der Waals surface area contributed by atoms with Crippen molar-refractivity contribution < 1.29 is 24.5 Å². The third-order valence-corrected chi connectivity index (χ3v) is 6.94. The second-order valence-corrected chi connectivity index (χ2v) is 10.9. The number of carbonyl (C=O) groups is 2. The Morgan fingerprint density at radius 3 is 2.03 bits per heavy atom. The Morgan fingerprint density at radius 1 is 1.03 bits per heavy atom. The van der Waals surface area contributed by atoms with Crippen molar-refractivity contribution >= 4 is 11.8 Å². The number of benzene rings is 1. The van der Waals surface area contributed by atoms with E-state index in [2.05, 4.69) is 24.5 Å². The van der Waals surface area contributed by atoms with Gasteiger partial charge in [0.15, 0.2) is 11.5 Å². The van der Waals surface area contributed by atoms with Crippen LogP contribution < -0.4 is 21.1 Å². The van der Waals surface area contributed by atoms with Crippen molar-refractivity contribution in [3.05, 3.63) is 23.8 Å². The van der Waals surface area contributed by atoms with Crippen molar-refractivity contribution in [2.45, 2.75) is 101 Å². The van der Waals surface area contributed by atoms with E-state index in [9.17, 15) is 19.8 Å². The van der Waals surface area contributed by atoms with Crippen LogP contribution in [-0.4, -0.2) is 54.9 Å². The lowest BCUT2D eigenvalue weighted by molar-refractivity contribution is -0.131. The van der Waals surface area contributed by atoms with Crippen LogP contribution in [0.5, 0.6) is 11.5 Å². The lowest BCUT2D eigenvalue weighted by Gasteiger charge is -2.30. The molecule has 228 valence electrons. The topological polar surface area (TPSA) is 134 Å². The number of phenols is 1. The third-order valence-electron chi connectivity index (χ3n) is 6.94. The van der Waals surface area contributed by atoms with E-state index in [1.54, 1.807) is 33.0 Å². The molecule has 0 radical (unpaired) electrons. The van der Waals surface area contributed by atoms with Gasteiger partial charge in [0.1, 0.15) is 0 Å². The van der Waals surface area contributed by atoms with Crippen molar-refractivity contribution in [1.82, 2.24) is 10.6 Å². The average molecular weight is 554 g/mol. The summed E-state index contributed by atoms with van der Waals surface area (Å²) in [6.45, 7) is 19.9. The van der Waals surface area contributed by atoms with Gasteiger partial charge in [0, 0.05) is 25.6 Å². The van der Waals surface area contributed by atoms with Gasteiger partial charge in [0.05, 0.1) is 18.6 Å². The van der Waals surface area contributed by atoms with E-state index >= 15 is 0 Å². The second kappa shape index (κ2) is 19.7. The first-order valence-electron chi connectivity index (χ1n) is 14.5. The Kier molecular flexibility index (Phi) is 19.6. The van der Waals surface area contributed by atoms with Crippen molar-refractivity contribution in [1.29, 1.82) is 0 Å². The molecule has 0 spiro atoms. The minimum Gasteiger partial charge on any atom is -0.504 e. The zero-order valence-corrected chi connectivity index (χ0v) is 26.7. The molecular weight excluding hydrogens is 494 g/mol. The van der Waals surface area contributed by atoms with Gasteiger partial charge in [-0.2, -0.15) is 0 Å². The van der Waals surface area contributed by atoms with Gasteiger partial charge >= 0.3 is 0 Å². The summed E-state index contributed by atoms with van der Waals surface area (Å²) in [6.07, 6.45) is 0.699. The summed E-state index contributed by atoms with van der Waals surface area (Å²) in [5, 5.41) is 26.5. The first-order valence-corrected chi connectivity index (χ1v) is 14.5. The largest absolute Gasteiger partial charge is 0.504 e. The smallest absolute Gasteiger partial charge is 0.227 e. The first kappa shape index (κ1) is 38.8. The van der Waals surface area contributed by atoms with E-state index in [0.29, 0.717) is 24.5 Å². The highest BCUT2D eigenvalue weighted by atomic mass is 16.5. The normalized spacial score (nSPS) is 14.2. The molecule has 39 heavy (non-hydrogen) atoms. The van der Waals surface area contributed by atoms with Crippen molar-refractivity contribution in [2.24, 2.45) is 34.8 Å². The summed E-state index contributed by atoms with van der Waals surface area (Å²) in [4.78, 5) is 24.9. The predicted octanol–water partition coefficient (Wildman–Crippen LogP) is 4.90. The number of phenolic OH excluding ortho intramolecular Hbond substituents is 1. The summed E-state index contributed by atoms with van der Waals surface area (Å²) in [7, 11) is 3.09. The van der Waals surface area contributed by atoms with E-state index in [0.717, 1.165) is 5.56 Å². The van der Waals surface area contributed by atoms with Crippen LogP contribution >= 0.6 is 0 Å². The number of ether oxygens (including phenoxy) is 1. The number of aliphatic hydroxyl groups excluding tert-OH is 1. The monoisotopic (exact) mass is 553 g/mol. The molecule has 1 aromatic carbocycles. The molecule has 1 aromatic rings. The molecule has 0 heterocycles. The maximum Gasteiger partial charge on any atom is 0.227 e. The van der Waals surface area contributed by atoms with Crippen LogP contribution in [0.2, 0.25) is 0 Å². The number of aliphatic hydroxyl groups is 1. The molecule has 0 fully saturated rings. The molecule has 4 atom stereocenters. The number of amides is 2. The zero-order chi connectivity index (χ0) is 30.9. The van der Waals surface area contributed by atoms with Crippen molar-refractivity contribution in [3.8, 4) is 11.5 Å². The first-order chi connectivity index (χ1) is 18.2. The Bertz CT molecular complexity index is 826. The van der Waals surface area contributed by atoms with Crippen LogP contribution in [0, 0.1) is 29.1 Å². The number of rotatable bonds is 14. The van der Waals surface area contributed by atoms with E-state index in [-0.39, 0.29) is 42.4 Å². The quantitative estimate of drug-likeness (QED) is 0.223. The van der Waals surface area contributed by atoms with Gasteiger partial charge in [0.25, 0.3) is 0 Å². The molecular formula is C31H59N3O5. The molecule has 0 saturated carbocycles. The summed E-state index contributed by atoms with van der Waals surface area (Å²) in [5.41, 5.74) is 6.67. The van der Waals surface area contributed by atoms with Crippen LogP contribution in [0.1, 0.15) is 87.6 Å². The zero-order valence-electron chi connectivity index (χ0n) is 26.7. The number of nitrogens with two attached hydrogens (primary N) is 1. The number of hydrogen-bond acceptors (Lipinski definition) is 6. The molecule has 0 bridgehead atoms. The van der Waals surface area contributed by atoms with Crippen molar-refractivity contribution in [2.75, 3.05) is 20.7 Å². The molecule has 1 rings (SSSR count). The number of aromatic hydroxyl groups is 1. The molecule has 2 amide bonds. The number of carbonyl (C=O) groups excluding carboxylic acids is 2. The molecule has 8 nitrogen and oxygen atoms in total. The highest BCUT2D eigenvalue weighted by Gasteiger charge is 2.32. The Hall–Kier alpha value is -2.32. The van der Waals surface area contributed by atoms with Crippen LogP contribution in [-0.2, 0) is 16.0 Å². The van der Waals surface area contributed by atoms with E-state index in [1.807, 2.05) is 47.6 Å². The summed E-state index contributed by atoms with van der Waals surface area (Å²) in [5.74, 6) is 0.278. The number of nitrogens with one attached hydrogen (secondary N) is 2. The van der Waals surface area contributed by atoms with Crippen LogP contribution in [0.3, 0.4) is 0 Å². The van der Waals surface area contributed by atoms with Crippen molar-refractivity contribution in [3.63, 3.8) is 0 Å². The summed E-state index contributed by atoms with van der Waals surface area (Å²) < 4.78 is 5.12. The van der Waals surface area contributed by atoms with E-state index in [4.69, 9.17) is 10.5 Å². The van der Waals surface area contributed by atoms with E-state index in [1.165, 1.54) is 7.11 Å². The van der Waals surface area contributed by atoms with Gasteiger partial charge in [0.2, 0.25) is 11.8 Å². The molecule has 0 aliphatic rings. The standard InChI is InChI=1S/C27H47N3O5.2C2H6/c1-16(2)19(11-18-9-10-24(35-8)23(32)12-18)13-21(28)22(31)14-20(17(3)4)25(33)30-15-27(5,6)26(34)29-7;2*1-2/h9-10,12,16-17,19-22,31-32H,11,13-15,28H2,1-8H3,(H,29,34)(H,30,33);2*1-2H3/t19-,20-,21-,22-;;/m0../s1. The van der Waals surface area contributed by atoms with Gasteiger partial charge in [-0.1, -0.05) is 61.5 Å². The van der Waals surface area contributed by atoms with Gasteiger partial charge in [-0.05, 0) is 68.6 Å². The molecule has 0 aliphatic heterocycles. The lowest BCUT2D eigenvalue weighted by Crippen LogP contribution is -2.47. The lowest BCUT2D eigenvalue weighted by atomic mass is 9.80. The minimum atomic E-state index is -0.842.